The molecule has 126 valence electrons. The summed E-state index contributed by atoms with van der Waals surface area (Å²) in [6, 6.07) is 0. The molecule has 1 aliphatic rings. The number of allylic oxidation sites excluding steroid dienone is 1. The van der Waals surface area contributed by atoms with Crippen LogP contribution in [0, 0.1) is 5.41 Å². The van der Waals surface area contributed by atoms with Gasteiger partial charge in [-0.05, 0) is 34.1 Å². The fourth-order valence-electron chi connectivity index (χ4n) is 0.796. The first-order valence-corrected chi connectivity index (χ1v) is 7.01. The van der Waals surface area contributed by atoms with E-state index in [9.17, 15) is 4.79 Å². The van der Waals surface area contributed by atoms with Gasteiger partial charge in [-0.3, -0.25) is 0 Å². The number of epoxide rings is 1. The number of carbonyl (C=O) groups is 1. The van der Waals surface area contributed by atoms with E-state index in [0.717, 1.165) is 12.2 Å². The van der Waals surface area contributed by atoms with Gasteiger partial charge in [0.05, 0.1) is 32.5 Å². The van der Waals surface area contributed by atoms with Crippen molar-refractivity contribution in [3.05, 3.63) is 11.1 Å². The van der Waals surface area contributed by atoms with Gasteiger partial charge in [0, 0.05) is 11.0 Å². The molecule has 1 unspecified atom stereocenters. The predicted octanol–water partition coefficient (Wildman–Crippen LogP) is 1.19. The molecule has 1 saturated heterocycles. The molecule has 0 spiro atoms. The Morgan fingerprint density at radius 3 is 1.48 bits per heavy atom. The van der Waals surface area contributed by atoms with E-state index in [1.165, 1.54) is 0 Å². The minimum Gasteiger partial charge on any atom is -0.478 e. The zero-order valence-corrected chi connectivity index (χ0v) is 13.7. The smallest absolute Gasteiger partial charge is 0.331 e. The maximum atomic E-state index is 10.1. The average Bonchev–Trinajstić information content (AvgIpc) is 3.24. The predicted molar refractivity (Wildman–Crippen MR) is 81.1 cm³/mol. The second kappa shape index (κ2) is 11.7. The molecule has 21 heavy (non-hydrogen) atoms. The average molecular weight is 306 g/mol. The molecule has 6 nitrogen and oxygen atoms in total. The number of aliphatic hydroxyl groups excluding tert-OH is 3. The van der Waals surface area contributed by atoms with Gasteiger partial charge >= 0.3 is 5.97 Å². The van der Waals surface area contributed by atoms with Gasteiger partial charge in [0.25, 0.3) is 0 Å². The van der Waals surface area contributed by atoms with Crippen LogP contribution in [0.5, 0.6) is 0 Å². The van der Waals surface area contributed by atoms with Crippen molar-refractivity contribution in [1.82, 2.24) is 0 Å². The van der Waals surface area contributed by atoms with Crippen molar-refractivity contribution in [2.75, 3.05) is 26.4 Å². The molecule has 0 radical (unpaired) electrons. The first-order valence-electron chi connectivity index (χ1n) is 7.01. The van der Waals surface area contributed by atoms with Crippen LogP contribution in [0.2, 0.25) is 0 Å². The molecule has 0 bridgehead atoms. The first kappa shape index (κ1) is 22.3. The number of hydrogen-bond acceptors (Lipinski definition) is 5. The second-order valence-corrected chi connectivity index (χ2v) is 5.40. The summed E-state index contributed by atoms with van der Waals surface area (Å²) < 4.78 is 4.71. The Morgan fingerprint density at radius 2 is 1.48 bits per heavy atom. The Balaban J connectivity index is 0. The molecule has 1 heterocycles. The van der Waals surface area contributed by atoms with E-state index in [0.29, 0.717) is 18.1 Å². The van der Waals surface area contributed by atoms with Crippen LogP contribution in [-0.2, 0) is 9.53 Å². The van der Waals surface area contributed by atoms with Crippen molar-refractivity contribution in [3.63, 3.8) is 0 Å². The molecule has 0 aromatic rings. The fraction of sp³-hybridized carbons (Fsp3) is 0.800. The van der Waals surface area contributed by atoms with Crippen LogP contribution in [-0.4, -0.2) is 58.9 Å². The number of carboxylic acid groups (broad SMARTS) is 1. The lowest BCUT2D eigenvalue weighted by Gasteiger charge is -2.24. The van der Waals surface area contributed by atoms with E-state index >= 15 is 0 Å². The molecule has 1 fully saturated rings. The van der Waals surface area contributed by atoms with Crippen molar-refractivity contribution in [3.8, 4) is 0 Å². The largest absolute Gasteiger partial charge is 0.478 e. The summed E-state index contributed by atoms with van der Waals surface area (Å²) >= 11 is 0. The van der Waals surface area contributed by atoms with Crippen molar-refractivity contribution >= 4 is 5.97 Å². The standard InChI is InChI=1S/C6H14O3.C6H10O2.C3H6O/c1-2-6(3-7,4-8)5-9;1-4(2)5(3)6(7)8;1-3-2-4-3/h7-9H,2-5H2,1H3;1-3H3,(H,7,8);3H,2H2,1H3. The van der Waals surface area contributed by atoms with Crippen molar-refractivity contribution in [2.24, 2.45) is 5.41 Å². The van der Waals surface area contributed by atoms with E-state index in [2.05, 4.69) is 6.92 Å². The van der Waals surface area contributed by atoms with Gasteiger partial charge in [0.2, 0.25) is 0 Å². The summed E-state index contributed by atoms with van der Waals surface area (Å²) in [5.74, 6) is -0.829. The number of carboxylic acids is 1. The zero-order valence-electron chi connectivity index (χ0n) is 13.7. The molecular formula is C15H30O6. The summed E-state index contributed by atoms with van der Waals surface area (Å²) in [6.07, 6.45) is 1.18. The Bertz CT molecular complexity index is 295. The number of ether oxygens (including phenoxy) is 1. The molecule has 0 aliphatic carbocycles. The fourth-order valence-corrected chi connectivity index (χ4v) is 0.796. The van der Waals surface area contributed by atoms with Gasteiger partial charge in [0.15, 0.2) is 0 Å². The summed E-state index contributed by atoms with van der Waals surface area (Å²) in [5, 5.41) is 34.3. The van der Waals surface area contributed by atoms with Gasteiger partial charge in [-0.1, -0.05) is 12.5 Å². The van der Waals surface area contributed by atoms with Gasteiger partial charge in [-0.15, -0.1) is 0 Å². The van der Waals surface area contributed by atoms with Gasteiger partial charge in [-0.25, -0.2) is 4.79 Å². The molecule has 0 saturated carbocycles. The highest BCUT2D eigenvalue weighted by Gasteiger charge is 2.24. The quantitative estimate of drug-likeness (QED) is 0.448. The van der Waals surface area contributed by atoms with Crippen LogP contribution in [0.1, 0.15) is 41.0 Å². The van der Waals surface area contributed by atoms with E-state index < -0.39 is 11.4 Å². The first-order chi connectivity index (χ1) is 9.69. The van der Waals surface area contributed by atoms with E-state index in [1.807, 2.05) is 6.92 Å². The molecule has 0 amide bonds. The lowest BCUT2D eigenvalue weighted by atomic mass is 9.88. The summed E-state index contributed by atoms with van der Waals surface area (Å²) in [7, 11) is 0. The normalized spacial score (nSPS) is 15.9. The molecule has 1 atom stereocenters. The van der Waals surface area contributed by atoms with Crippen molar-refractivity contribution in [2.45, 2.75) is 47.1 Å². The molecule has 4 N–H and O–H groups in total. The SMILES string of the molecule is CC(C)=C(C)C(=O)O.CC1CO1.CCC(CO)(CO)CO. The molecular weight excluding hydrogens is 276 g/mol. The van der Waals surface area contributed by atoms with Crippen LogP contribution in [0.3, 0.4) is 0 Å². The Hall–Kier alpha value is -0.950. The highest BCUT2D eigenvalue weighted by molar-refractivity contribution is 5.86. The maximum absolute atomic E-state index is 10.1. The van der Waals surface area contributed by atoms with E-state index in [4.69, 9.17) is 25.2 Å². The molecule has 1 aliphatic heterocycles. The van der Waals surface area contributed by atoms with Gasteiger partial charge < -0.3 is 25.2 Å². The van der Waals surface area contributed by atoms with Crippen LogP contribution in [0.25, 0.3) is 0 Å². The zero-order chi connectivity index (χ0) is 17.1. The topological polar surface area (TPSA) is 111 Å². The minimum absolute atomic E-state index is 0.156. The van der Waals surface area contributed by atoms with Crippen LogP contribution in [0.4, 0.5) is 0 Å². The summed E-state index contributed by atoms with van der Waals surface area (Å²) in [6.45, 7) is 9.55. The summed E-state index contributed by atoms with van der Waals surface area (Å²) in [5.41, 5.74) is 0.627. The molecule has 6 heteroatoms. The number of rotatable bonds is 5. The van der Waals surface area contributed by atoms with Gasteiger partial charge in [-0.2, -0.15) is 0 Å². The monoisotopic (exact) mass is 306 g/mol. The summed E-state index contributed by atoms with van der Waals surface area (Å²) in [4.78, 5) is 10.1. The van der Waals surface area contributed by atoms with Crippen molar-refractivity contribution in [1.29, 1.82) is 0 Å². The second-order valence-electron chi connectivity index (χ2n) is 5.40. The van der Waals surface area contributed by atoms with Crippen molar-refractivity contribution < 1.29 is 30.0 Å². The Morgan fingerprint density at radius 1 is 1.14 bits per heavy atom. The highest BCUT2D eigenvalue weighted by atomic mass is 16.6. The Kier molecular flexibility index (Phi) is 12.4. The Labute approximate surface area is 127 Å². The van der Waals surface area contributed by atoms with Gasteiger partial charge in [0.1, 0.15) is 0 Å². The lowest BCUT2D eigenvalue weighted by molar-refractivity contribution is -0.132. The number of hydrogen-bond donors (Lipinski definition) is 4. The third kappa shape index (κ3) is 11.4. The van der Waals surface area contributed by atoms with Crippen LogP contribution >= 0.6 is 0 Å². The van der Waals surface area contributed by atoms with Crippen LogP contribution < -0.4 is 0 Å². The van der Waals surface area contributed by atoms with E-state index in [-0.39, 0.29) is 19.8 Å². The molecule has 1 rings (SSSR count). The third-order valence-electron chi connectivity index (χ3n) is 3.33. The lowest BCUT2D eigenvalue weighted by Crippen LogP contribution is -2.32. The highest BCUT2D eigenvalue weighted by Crippen LogP contribution is 2.18. The molecule has 0 aromatic carbocycles. The van der Waals surface area contributed by atoms with E-state index in [1.54, 1.807) is 20.8 Å². The maximum Gasteiger partial charge on any atom is 0.331 e. The molecule has 0 aromatic heterocycles. The minimum atomic E-state index is -0.829. The number of aliphatic carboxylic acids is 1. The number of aliphatic hydroxyl groups is 3. The van der Waals surface area contributed by atoms with Crippen LogP contribution in [0.15, 0.2) is 11.1 Å². The third-order valence-corrected chi connectivity index (χ3v) is 3.33.